The van der Waals surface area contributed by atoms with Gasteiger partial charge in [0.2, 0.25) is 0 Å². The fourth-order valence-corrected chi connectivity index (χ4v) is 2.23. The lowest BCUT2D eigenvalue weighted by Gasteiger charge is -2.06. The summed E-state index contributed by atoms with van der Waals surface area (Å²) in [5, 5.41) is 8.04. The van der Waals surface area contributed by atoms with Gasteiger partial charge < -0.3 is 4.84 Å². The van der Waals surface area contributed by atoms with Crippen LogP contribution in [0.3, 0.4) is 0 Å². The summed E-state index contributed by atoms with van der Waals surface area (Å²) in [6.45, 7) is 0. The van der Waals surface area contributed by atoms with Gasteiger partial charge in [-0.05, 0) is 72.8 Å². The predicted octanol–water partition coefficient (Wildman–Crippen LogP) is 5.59. The summed E-state index contributed by atoms with van der Waals surface area (Å²) in [6.07, 6.45) is 0. The molecular formula is C20H13ClFN3O3. The monoisotopic (exact) mass is 397 g/mol. The van der Waals surface area contributed by atoms with Gasteiger partial charge in [0.05, 0.1) is 16.9 Å². The Kier molecular flexibility index (Phi) is 6.08. The van der Waals surface area contributed by atoms with Gasteiger partial charge in [-0.25, -0.2) is 14.7 Å². The van der Waals surface area contributed by atoms with Gasteiger partial charge in [0.15, 0.2) is 0 Å². The third kappa shape index (κ3) is 5.21. The van der Waals surface area contributed by atoms with E-state index in [2.05, 4.69) is 15.7 Å². The third-order valence-corrected chi connectivity index (χ3v) is 3.81. The number of anilines is 1. The number of nitrogens with one attached hydrogen (secondary N) is 1. The molecule has 1 N–H and O–H groups in total. The summed E-state index contributed by atoms with van der Waals surface area (Å²) >= 11 is 5.77. The van der Waals surface area contributed by atoms with Gasteiger partial charge in [0.25, 0.3) is 5.91 Å². The molecule has 0 saturated heterocycles. The maximum Gasteiger partial charge on any atom is 0.362 e. The second-order valence-corrected chi connectivity index (χ2v) is 5.99. The van der Waals surface area contributed by atoms with E-state index in [-0.39, 0.29) is 5.56 Å². The van der Waals surface area contributed by atoms with Crippen molar-refractivity contribution in [3.63, 3.8) is 0 Å². The molecule has 0 radical (unpaired) electrons. The molecule has 6 nitrogen and oxygen atoms in total. The number of amides is 1. The minimum Gasteiger partial charge on any atom is -0.338 e. The molecule has 0 saturated carbocycles. The fraction of sp³-hybridized carbons (Fsp3) is 0. The zero-order valence-electron chi connectivity index (χ0n) is 14.3. The molecule has 140 valence electrons. The molecule has 28 heavy (non-hydrogen) atoms. The molecular weight excluding hydrogens is 385 g/mol. The quantitative estimate of drug-likeness (QED) is 0.449. The molecule has 0 aliphatic rings. The van der Waals surface area contributed by atoms with Crippen LogP contribution in [0.1, 0.15) is 20.7 Å². The van der Waals surface area contributed by atoms with Crippen molar-refractivity contribution < 1.29 is 18.8 Å². The van der Waals surface area contributed by atoms with Gasteiger partial charge in [0, 0.05) is 10.6 Å². The average molecular weight is 398 g/mol. The molecule has 1 amide bonds. The average Bonchev–Trinajstić information content (AvgIpc) is 2.72. The van der Waals surface area contributed by atoms with E-state index < -0.39 is 17.7 Å². The number of benzene rings is 3. The largest absolute Gasteiger partial charge is 0.362 e. The summed E-state index contributed by atoms with van der Waals surface area (Å²) in [6, 6.07) is 17.7. The van der Waals surface area contributed by atoms with Crippen LogP contribution in [-0.2, 0) is 4.84 Å². The summed E-state index contributed by atoms with van der Waals surface area (Å²) in [5.41, 5.74) is 4.00. The molecule has 0 heterocycles. The molecule has 0 spiro atoms. The van der Waals surface area contributed by atoms with Gasteiger partial charge in [-0.3, -0.25) is 4.79 Å². The van der Waals surface area contributed by atoms with Crippen LogP contribution in [0, 0.1) is 5.82 Å². The molecule has 0 unspecified atom stereocenters. The lowest BCUT2D eigenvalue weighted by atomic mass is 10.2. The molecule has 0 atom stereocenters. The number of nitrogens with zero attached hydrogens (tertiary/aromatic N) is 2. The highest BCUT2D eigenvalue weighted by atomic mass is 35.5. The van der Waals surface area contributed by atoms with E-state index in [0.717, 1.165) is 0 Å². The van der Waals surface area contributed by atoms with E-state index in [9.17, 15) is 14.0 Å². The van der Waals surface area contributed by atoms with Crippen molar-refractivity contribution >= 4 is 34.9 Å². The number of carbonyl (C=O) groups is 2. The Morgan fingerprint density at radius 1 is 0.857 bits per heavy atom. The standard InChI is InChI=1S/C20H13ClFN3O3/c21-15-5-1-13(2-6-15)19(26)24-23-17-9-11-18(12-10-17)25-28-20(27)14-3-7-16(22)8-4-14/h1-12,25H. The van der Waals surface area contributed by atoms with E-state index in [1.54, 1.807) is 48.5 Å². The van der Waals surface area contributed by atoms with Crippen LogP contribution < -0.4 is 5.48 Å². The Morgan fingerprint density at radius 3 is 2.11 bits per heavy atom. The summed E-state index contributed by atoms with van der Waals surface area (Å²) in [4.78, 5) is 28.7. The van der Waals surface area contributed by atoms with Crippen molar-refractivity contribution in [3.05, 3.63) is 94.8 Å². The van der Waals surface area contributed by atoms with Gasteiger partial charge >= 0.3 is 5.97 Å². The smallest absolute Gasteiger partial charge is 0.338 e. The molecule has 0 aliphatic carbocycles. The van der Waals surface area contributed by atoms with Crippen LogP contribution in [0.25, 0.3) is 0 Å². The molecule has 3 aromatic carbocycles. The van der Waals surface area contributed by atoms with Crippen LogP contribution >= 0.6 is 11.6 Å². The highest BCUT2D eigenvalue weighted by Gasteiger charge is 2.08. The van der Waals surface area contributed by atoms with Crippen molar-refractivity contribution in [1.29, 1.82) is 0 Å². The highest BCUT2D eigenvalue weighted by molar-refractivity contribution is 6.30. The first kappa shape index (κ1) is 19.2. The summed E-state index contributed by atoms with van der Waals surface area (Å²) in [7, 11) is 0. The maximum atomic E-state index is 12.9. The Hall–Kier alpha value is -3.58. The SMILES string of the molecule is O=C(N=Nc1ccc(NOC(=O)c2ccc(F)cc2)cc1)c1ccc(Cl)cc1. The number of halogens is 2. The Morgan fingerprint density at radius 2 is 1.46 bits per heavy atom. The third-order valence-electron chi connectivity index (χ3n) is 3.56. The van der Waals surface area contributed by atoms with Gasteiger partial charge in [-0.2, -0.15) is 0 Å². The van der Waals surface area contributed by atoms with Crippen LogP contribution in [-0.4, -0.2) is 11.9 Å². The number of carbonyl (C=O) groups excluding carboxylic acids is 2. The van der Waals surface area contributed by atoms with Gasteiger partial charge in [-0.1, -0.05) is 11.6 Å². The Balaban J connectivity index is 1.55. The van der Waals surface area contributed by atoms with Crippen LogP contribution in [0.4, 0.5) is 15.8 Å². The van der Waals surface area contributed by atoms with E-state index in [0.29, 0.717) is 22.0 Å². The zero-order chi connectivity index (χ0) is 19.9. The first-order valence-corrected chi connectivity index (χ1v) is 8.43. The van der Waals surface area contributed by atoms with Crippen molar-refractivity contribution in [2.45, 2.75) is 0 Å². The minimum atomic E-state index is -0.655. The van der Waals surface area contributed by atoms with Crippen molar-refractivity contribution in [2.75, 3.05) is 5.48 Å². The normalized spacial score (nSPS) is 10.6. The zero-order valence-corrected chi connectivity index (χ0v) is 15.1. The Bertz CT molecular complexity index is 1000. The number of azo groups is 1. The second-order valence-electron chi connectivity index (χ2n) is 5.56. The molecule has 3 aromatic rings. The topological polar surface area (TPSA) is 80.1 Å². The molecule has 0 aliphatic heterocycles. The maximum absolute atomic E-state index is 12.9. The number of rotatable bonds is 5. The van der Waals surface area contributed by atoms with Gasteiger partial charge in [-0.15, -0.1) is 10.2 Å². The molecule has 3 rings (SSSR count). The molecule has 0 bridgehead atoms. The first-order chi connectivity index (χ1) is 13.5. The molecule has 8 heteroatoms. The lowest BCUT2D eigenvalue weighted by Crippen LogP contribution is -2.10. The summed E-state index contributed by atoms with van der Waals surface area (Å²) < 4.78 is 12.9. The fourth-order valence-electron chi connectivity index (χ4n) is 2.10. The van der Waals surface area contributed by atoms with E-state index in [1.807, 2.05) is 0 Å². The first-order valence-electron chi connectivity index (χ1n) is 8.06. The number of hydrogen-bond acceptors (Lipinski definition) is 5. The predicted molar refractivity (Wildman–Crippen MR) is 102 cm³/mol. The molecule has 0 fully saturated rings. The minimum absolute atomic E-state index is 0.208. The van der Waals surface area contributed by atoms with Crippen LogP contribution in [0.2, 0.25) is 5.02 Å². The van der Waals surface area contributed by atoms with Crippen molar-refractivity contribution in [2.24, 2.45) is 10.2 Å². The van der Waals surface area contributed by atoms with Crippen molar-refractivity contribution in [3.8, 4) is 0 Å². The summed E-state index contributed by atoms with van der Waals surface area (Å²) in [5.74, 6) is -1.59. The lowest BCUT2D eigenvalue weighted by molar-refractivity contribution is 0.0596. The second kappa shape index (κ2) is 8.88. The van der Waals surface area contributed by atoms with Crippen LogP contribution in [0.15, 0.2) is 83.0 Å². The van der Waals surface area contributed by atoms with E-state index in [4.69, 9.17) is 16.4 Å². The highest BCUT2D eigenvalue weighted by Crippen LogP contribution is 2.18. The van der Waals surface area contributed by atoms with Crippen LogP contribution in [0.5, 0.6) is 0 Å². The van der Waals surface area contributed by atoms with Gasteiger partial charge in [0.1, 0.15) is 5.82 Å². The Labute approximate surface area is 164 Å². The number of hydrogen-bond donors (Lipinski definition) is 1. The molecule has 0 aromatic heterocycles. The van der Waals surface area contributed by atoms with E-state index in [1.165, 1.54) is 24.3 Å². The van der Waals surface area contributed by atoms with Crippen molar-refractivity contribution in [1.82, 2.24) is 0 Å². The van der Waals surface area contributed by atoms with E-state index >= 15 is 0 Å².